The van der Waals surface area contributed by atoms with Crippen LogP contribution in [0.1, 0.15) is 66.7 Å². The molecule has 1 fully saturated rings. The van der Waals surface area contributed by atoms with Crippen LogP contribution >= 0.6 is 0 Å². The lowest BCUT2D eigenvalue weighted by Crippen LogP contribution is -2.66. The molecule has 0 aromatic heterocycles. The molecular weight excluding hydrogens is 722 g/mol. The van der Waals surface area contributed by atoms with Gasteiger partial charge in [0.2, 0.25) is 35.4 Å². The molecule has 0 aliphatic carbocycles. The molecule has 1 heterocycles. The molecule has 0 aromatic carbocycles. The maximum absolute atomic E-state index is 13.0. The molecule has 1 saturated heterocycles. The first-order valence-corrected chi connectivity index (χ1v) is 17.3. The lowest BCUT2D eigenvalue weighted by Gasteiger charge is -2.44. The van der Waals surface area contributed by atoms with Gasteiger partial charge in [-0.1, -0.05) is 0 Å². The van der Waals surface area contributed by atoms with Gasteiger partial charge in [-0.25, -0.2) is 4.79 Å². The fraction of sp³-hybridized carbons (Fsp3) is 0.750. The summed E-state index contributed by atoms with van der Waals surface area (Å²) >= 11 is 0. The summed E-state index contributed by atoms with van der Waals surface area (Å²) in [6.07, 6.45) is -6.37. The third kappa shape index (κ3) is 15.5. The molecule has 11 atom stereocenters. The summed E-state index contributed by atoms with van der Waals surface area (Å²) in [5, 5.41) is 53.3. The highest BCUT2D eigenvalue weighted by atomic mass is 16.7. The van der Waals surface area contributed by atoms with Crippen molar-refractivity contribution in [2.75, 3.05) is 20.3 Å². The minimum Gasteiger partial charge on any atom is -0.480 e. The maximum Gasteiger partial charge on any atom is 0.326 e. The number of rotatable bonds is 23. The first-order chi connectivity index (χ1) is 25.3. The largest absolute Gasteiger partial charge is 0.480 e. The standard InChI is InChI=1S/C32H55N7O15/c1-14(26(44)36-16(3)30(48)49)35-29(47)19(9-7-8-12-33)38-22(42)11-10-20(31(50)51)39-27(45)15(2)34-28(46)17(4)53-25-23(37-18(5)41)32(52-6)54-21(13-40)24(25)43/h14-17,19-21,23-25,32,40,43H,7-13,33H2,1-6H3,(H,34,46)(H,35,47)(H,36,44)(H,37,41)(H,38,42)(H,39,45)(H,48,49)(H,50,51)/t14-,15+,16-,17+,19+,20-,21?,23?,24?,25?,32?/m1/s1. The summed E-state index contributed by atoms with van der Waals surface area (Å²) in [6, 6.07) is -7.56. The number of carbonyl (C=O) groups is 8. The van der Waals surface area contributed by atoms with Crippen molar-refractivity contribution in [3.8, 4) is 0 Å². The Morgan fingerprint density at radius 1 is 0.759 bits per heavy atom. The monoisotopic (exact) mass is 777 g/mol. The zero-order valence-corrected chi connectivity index (χ0v) is 31.2. The Morgan fingerprint density at radius 3 is 1.85 bits per heavy atom. The van der Waals surface area contributed by atoms with Crippen molar-refractivity contribution in [2.45, 2.75) is 134 Å². The number of nitrogens with two attached hydrogens (primary N) is 1. The molecule has 0 bridgehead atoms. The fourth-order valence-corrected chi connectivity index (χ4v) is 5.15. The van der Waals surface area contributed by atoms with Gasteiger partial charge in [-0.05, 0) is 59.9 Å². The highest BCUT2D eigenvalue weighted by molar-refractivity contribution is 5.94. The lowest BCUT2D eigenvalue weighted by atomic mass is 9.96. The van der Waals surface area contributed by atoms with Crippen molar-refractivity contribution in [1.29, 1.82) is 0 Å². The summed E-state index contributed by atoms with van der Waals surface area (Å²) in [7, 11) is 1.26. The molecule has 5 unspecified atom stereocenters. The predicted octanol–water partition coefficient (Wildman–Crippen LogP) is -4.45. The number of ether oxygens (including phenoxy) is 3. The summed E-state index contributed by atoms with van der Waals surface area (Å²) < 4.78 is 16.4. The quantitative estimate of drug-likeness (QED) is 0.0436. The molecule has 22 heteroatoms. The van der Waals surface area contributed by atoms with Gasteiger partial charge in [0.1, 0.15) is 60.7 Å². The van der Waals surface area contributed by atoms with Gasteiger partial charge in [0.25, 0.3) is 0 Å². The van der Waals surface area contributed by atoms with Crippen LogP contribution < -0.4 is 37.6 Å². The van der Waals surface area contributed by atoms with Gasteiger partial charge in [-0.2, -0.15) is 0 Å². The smallest absolute Gasteiger partial charge is 0.326 e. The molecule has 1 aliphatic rings. The van der Waals surface area contributed by atoms with Crippen LogP contribution in [-0.4, -0.2) is 155 Å². The van der Waals surface area contributed by atoms with Crippen molar-refractivity contribution >= 4 is 47.4 Å². The second-order valence-electron chi connectivity index (χ2n) is 12.8. The van der Waals surface area contributed by atoms with Crippen molar-refractivity contribution in [2.24, 2.45) is 5.73 Å². The second kappa shape index (κ2) is 23.3. The Kier molecular flexibility index (Phi) is 20.5. The Labute approximate surface area is 311 Å². The fourth-order valence-electron chi connectivity index (χ4n) is 5.15. The van der Waals surface area contributed by atoms with E-state index in [2.05, 4.69) is 31.9 Å². The van der Waals surface area contributed by atoms with E-state index in [4.69, 9.17) is 25.1 Å². The average Bonchev–Trinajstić information content (AvgIpc) is 3.10. The number of hydrogen-bond donors (Lipinski definition) is 11. The molecule has 12 N–H and O–H groups in total. The number of methoxy groups -OCH3 is 1. The van der Waals surface area contributed by atoms with E-state index in [1.165, 1.54) is 41.7 Å². The molecule has 0 saturated carbocycles. The molecule has 0 radical (unpaired) electrons. The number of aliphatic hydroxyl groups is 2. The summed E-state index contributed by atoms with van der Waals surface area (Å²) in [5.41, 5.74) is 5.53. The molecular formula is C32H55N7O15. The van der Waals surface area contributed by atoms with Gasteiger partial charge < -0.3 is 72.3 Å². The number of aliphatic carboxylic acids is 2. The normalized spacial score (nSPS) is 22.9. The van der Waals surface area contributed by atoms with E-state index >= 15 is 0 Å². The highest BCUT2D eigenvalue weighted by Crippen LogP contribution is 2.25. The van der Waals surface area contributed by atoms with Gasteiger partial charge in [-0.15, -0.1) is 0 Å². The molecule has 1 aliphatic heterocycles. The van der Waals surface area contributed by atoms with E-state index in [1.807, 2.05) is 0 Å². The SMILES string of the molecule is COC1OC(CO)C(O)C(O[C@@H](C)C(=O)N[C@@H](C)C(=O)N[C@H](CCC(=O)N[C@@H](CCCCN)C(=O)N[C@H](C)C(=O)N[C@H](C)C(=O)O)C(=O)O)C1NC(C)=O. The van der Waals surface area contributed by atoms with Crippen LogP contribution in [0.3, 0.4) is 0 Å². The van der Waals surface area contributed by atoms with Crippen LogP contribution in [0.25, 0.3) is 0 Å². The lowest BCUT2D eigenvalue weighted by molar-refractivity contribution is -0.273. The number of carbonyl (C=O) groups excluding carboxylic acids is 6. The molecule has 0 aromatic rings. The first-order valence-electron chi connectivity index (χ1n) is 17.3. The van der Waals surface area contributed by atoms with Crippen LogP contribution in [0.2, 0.25) is 0 Å². The van der Waals surface area contributed by atoms with Gasteiger partial charge >= 0.3 is 11.9 Å². The molecule has 0 spiro atoms. The highest BCUT2D eigenvalue weighted by Gasteiger charge is 2.47. The molecule has 1 rings (SSSR count). The third-order valence-corrected chi connectivity index (χ3v) is 8.29. The van der Waals surface area contributed by atoms with Crippen LogP contribution in [0, 0.1) is 0 Å². The zero-order valence-electron chi connectivity index (χ0n) is 31.2. The summed E-state index contributed by atoms with van der Waals surface area (Å²) in [5.74, 6) is -7.38. The number of unbranched alkanes of at least 4 members (excludes halogenated alkanes) is 1. The van der Waals surface area contributed by atoms with E-state index in [-0.39, 0.29) is 6.42 Å². The average molecular weight is 778 g/mol. The van der Waals surface area contributed by atoms with Crippen molar-refractivity contribution in [3.63, 3.8) is 0 Å². The van der Waals surface area contributed by atoms with Crippen LogP contribution in [-0.2, 0) is 52.6 Å². The topological polar surface area (TPSA) is 343 Å². The van der Waals surface area contributed by atoms with Crippen LogP contribution in [0.4, 0.5) is 0 Å². The number of amides is 6. The second-order valence-corrected chi connectivity index (χ2v) is 12.8. The number of nitrogens with one attached hydrogen (secondary N) is 6. The van der Waals surface area contributed by atoms with Crippen molar-refractivity contribution in [3.05, 3.63) is 0 Å². The van der Waals surface area contributed by atoms with E-state index < -0.39 is 134 Å². The van der Waals surface area contributed by atoms with Crippen molar-refractivity contribution < 1.29 is 73.0 Å². The summed E-state index contributed by atoms with van der Waals surface area (Å²) in [4.78, 5) is 98.8. The molecule has 308 valence electrons. The minimum absolute atomic E-state index is 0.115. The third-order valence-electron chi connectivity index (χ3n) is 8.29. The molecule has 6 amide bonds. The molecule has 54 heavy (non-hydrogen) atoms. The van der Waals surface area contributed by atoms with Gasteiger partial charge in [0.15, 0.2) is 6.29 Å². The van der Waals surface area contributed by atoms with E-state index in [0.29, 0.717) is 19.4 Å². The van der Waals surface area contributed by atoms with E-state index in [9.17, 15) is 53.7 Å². The van der Waals surface area contributed by atoms with Gasteiger partial charge in [-0.3, -0.25) is 33.6 Å². The number of hydrogen-bond acceptors (Lipinski definition) is 14. The van der Waals surface area contributed by atoms with E-state index in [0.717, 1.165) is 0 Å². The minimum atomic E-state index is -1.60. The number of aliphatic hydroxyl groups excluding tert-OH is 2. The van der Waals surface area contributed by atoms with Crippen LogP contribution in [0.5, 0.6) is 0 Å². The van der Waals surface area contributed by atoms with Crippen LogP contribution in [0.15, 0.2) is 0 Å². The Hall–Kier alpha value is -4.48. The van der Waals surface area contributed by atoms with Gasteiger partial charge in [0.05, 0.1) is 6.61 Å². The molecule has 22 nitrogen and oxygen atoms in total. The Morgan fingerprint density at radius 2 is 1.33 bits per heavy atom. The zero-order chi connectivity index (χ0) is 41.3. The van der Waals surface area contributed by atoms with Crippen molar-refractivity contribution in [1.82, 2.24) is 31.9 Å². The summed E-state index contributed by atoms with van der Waals surface area (Å²) in [6.45, 7) is 5.97. The Balaban J connectivity index is 2.86. The maximum atomic E-state index is 13.0. The Bertz CT molecular complexity index is 1320. The van der Waals surface area contributed by atoms with Gasteiger partial charge in [0, 0.05) is 20.5 Å². The predicted molar refractivity (Wildman–Crippen MR) is 185 cm³/mol. The first kappa shape index (κ1) is 47.5. The number of carboxylic acid groups (broad SMARTS) is 2. The van der Waals surface area contributed by atoms with E-state index in [1.54, 1.807) is 0 Å². The number of carboxylic acids is 2.